The quantitative estimate of drug-likeness (QED) is 0.633. The molecule has 1 aromatic carbocycles. The van der Waals surface area contributed by atoms with Crippen LogP contribution in [0.3, 0.4) is 0 Å². The van der Waals surface area contributed by atoms with Gasteiger partial charge < -0.3 is 9.84 Å². The molecular weight excluding hydrogens is 321 g/mol. The molecule has 0 radical (unpaired) electrons. The van der Waals surface area contributed by atoms with E-state index in [1.165, 1.54) is 11.1 Å². The highest BCUT2D eigenvalue weighted by Crippen LogP contribution is 2.45. The Morgan fingerprint density at radius 3 is 2.27 bits per heavy atom. The van der Waals surface area contributed by atoms with Gasteiger partial charge >= 0.3 is 0 Å². The second kappa shape index (κ2) is 6.91. The molecular formula is C17H15Cl2NO2. The monoisotopic (exact) mass is 335 g/mol. The van der Waals surface area contributed by atoms with Crippen molar-refractivity contribution in [3.8, 4) is 34.4 Å². The van der Waals surface area contributed by atoms with Crippen molar-refractivity contribution < 1.29 is 9.84 Å². The van der Waals surface area contributed by atoms with Crippen molar-refractivity contribution in [3.05, 3.63) is 42.0 Å². The Bertz CT molecular complexity index is 721. The van der Waals surface area contributed by atoms with Crippen LogP contribution in [0.1, 0.15) is 25.3 Å². The molecule has 2 aliphatic carbocycles. The summed E-state index contributed by atoms with van der Waals surface area (Å²) in [6, 6.07) is 13.1. The summed E-state index contributed by atoms with van der Waals surface area (Å²) in [6.45, 7) is 4.10. The molecule has 0 aromatic heterocycles. The van der Waals surface area contributed by atoms with Crippen LogP contribution in [0.2, 0.25) is 0 Å². The Morgan fingerprint density at radius 2 is 1.82 bits per heavy atom. The van der Waals surface area contributed by atoms with Crippen molar-refractivity contribution in [2.24, 2.45) is 0 Å². The van der Waals surface area contributed by atoms with Gasteiger partial charge in [-0.15, -0.1) is 0 Å². The number of phenols is 1. The third kappa shape index (κ3) is 4.07. The summed E-state index contributed by atoms with van der Waals surface area (Å²) in [4.78, 5) is -0.866. The van der Waals surface area contributed by atoms with Crippen LogP contribution in [0.5, 0.6) is 17.2 Å². The molecule has 0 amide bonds. The second-order valence-corrected chi connectivity index (χ2v) is 6.21. The number of aromatic hydroxyl groups is 1. The lowest BCUT2D eigenvalue weighted by atomic mass is 10.0. The third-order valence-corrected chi connectivity index (χ3v) is 3.35. The lowest BCUT2D eigenvalue weighted by molar-refractivity contribution is 0.455. The van der Waals surface area contributed by atoms with Gasteiger partial charge in [0.25, 0.3) is 0 Å². The molecule has 114 valence electrons. The summed E-state index contributed by atoms with van der Waals surface area (Å²) in [7, 11) is 0. The van der Waals surface area contributed by atoms with Gasteiger partial charge in [0, 0.05) is 11.1 Å². The van der Waals surface area contributed by atoms with Crippen molar-refractivity contribution in [1.82, 2.24) is 0 Å². The largest absolute Gasteiger partial charge is 0.508 e. The summed E-state index contributed by atoms with van der Waals surface area (Å²) in [5, 5.41) is 17.4. The number of hydrogen-bond donors (Lipinski definition) is 1. The van der Waals surface area contributed by atoms with E-state index in [4.69, 9.17) is 33.2 Å². The zero-order valence-electron chi connectivity index (χ0n) is 12.2. The van der Waals surface area contributed by atoms with Gasteiger partial charge in [-0.3, -0.25) is 0 Å². The van der Waals surface area contributed by atoms with E-state index in [0.29, 0.717) is 5.75 Å². The first kappa shape index (κ1) is 16.5. The number of fused-ring (bicyclic) bond motifs is 1. The van der Waals surface area contributed by atoms with Crippen LogP contribution in [0.25, 0.3) is 11.1 Å². The predicted molar refractivity (Wildman–Crippen MR) is 88.8 cm³/mol. The Balaban J connectivity index is 0.000000309. The van der Waals surface area contributed by atoms with Crippen molar-refractivity contribution in [2.75, 3.05) is 0 Å². The molecule has 0 spiro atoms. The van der Waals surface area contributed by atoms with E-state index in [-0.39, 0.29) is 5.92 Å². The molecule has 1 N–H and O–H groups in total. The maximum Gasteiger partial charge on any atom is 0.193 e. The lowest BCUT2D eigenvalue weighted by Crippen LogP contribution is -1.90. The van der Waals surface area contributed by atoms with E-state index >= 15 is 0 Å². The number of nitrogens with zero attached hydrogens (tertiary/aromatic N) is 1. The minimum Gasteiger partial charge on any atom is -0.508 e. The molecule has 5 heteroatoms. The highest BCUT2D eigenvalue weighted by molar-refractivity contribution is 6.46. The molecule has 3 nitrogen and oxygen atoms in total. The van der Waals surface area contributed by atoms with Crippen molar-refractivity contribution >= 4 is 23.2 Å². The molecule has 3 rings (SSSR count). The Morgan fingerprint density at radius 1 is 1.14 bits per heavy atom. The van der Waals surface area contributed by atoms with E-state index in [0.717, 1.165) is 17.1 Å². The van der Waals surface area contributed by atoms with Crippen LogP contribution in [-0.2, 0) is 0 Å². The van der Waals surface area contributed by atoms with Crippen LogP contribution in [0.15, 0.2) is 36.4 Å². The van der Waals surface area contributed by atoms with E-state index in [2.05, 4.69) is 26.0 Å². The Kier molecular flexibility index (Phi) is 5.18. The zero-order valence-corrected chi connectivity index (χ0v) is 13.7. The highest BCUT2D eigenvalue weighted by atomic mass is 35.5. The minimum atomic E-state index is -0.866. The number of nitriles is 1. The summed E-state index contributed by atoms with van der Waals surface area (Å²) in [5.41, 5.74) is 3.38. The van der Waals surface area contributed by atoms with Gasteiger partial charge in [-0.2, -0.15) is 5.26 Å². The summed E-state index contributed by atoms with van der Waals surface area (Å²) in [5.74, 6) is 2.29. The molecule has 0 fully saturated rings. The number of alkyl halides is 2. The first-order chi connectivity index (χ1) is 10.4. The van der Waals surface area contributed by atoms with Crippen LogP contribution in [0.4, 0.5) is 0 Å². The topological polar surface area (TPSA) is 53.2 Å². The van der Waals surface area contributed by atoms with Crippen LogP contribution in [0, 0.1) is 11.3 Å². The summed E-state index contributed by atoms with van der Waals surface area (Å²) >= 11 is 9.73. The number of phenolic OH excluding ortho intramolecular Hbond substituents is 1. The normalized spacial score (nSPS) is 10.8. The molecule has 0 aliphatic heterocycles. The molecule has 22 heavy (non-hydrogen) atoms. The molecule has 0 bridgehead atoms. The lowest BCUT2D eigenvalue weighted by Gasteiger charge is -2.11. The first-order valence-electron chi connectivity index (χ1n) is 6.75. The predicted octanol–water partition coefficient (Wildman–Crippen LogP) is 5.60. The molecule has 0 atom stereocenters. The third-order valence-electron chi connectivity index (χ3n) is 3.15. The van der Waals surface area contributed by atoms with Crippen LogP contribution < -0.4 is 4.74 Å². The van der Waals surface area contributed by atoms with Crippen molar-refractivity contribution in [3.63, 3.8) is 0 Å². The number of ether oxygens (including phenoxy) is 1. The molecule has 0 unspecified atom stereocenters. The standard InChI is InChI=1S/C15H14O2.C2HCl2N/c1-9(2)12-8-11(4-5-14(12)16)17-15-6-3-10-7-13(10)15;3-2(4)1-5/h3-9,16H,1-2H3;2H. The fourth-order valence-corrected chi connectivity index (χ4v) is 2.00. The molecule has 0 saturated heterocycles. The molecule has 0 saturated carbocycles. The fraction of sp³-hybridized carbons (Fsp3) is 0.235. The average Bonchev–Trinajstić information content (AvgIpc) is 3.16. The second-order valence-electron chi connectivity index (χ2n) is 5.12. The van der Waals surface area contributed by atoms with E-state index in [1.807, 2.05) is 12.1 Å². The van der Waals surface area contributed by atoms with Gasteiger partial charge in [0.2, 0.25) is 0 Å². The van der Waals surface area contributed by atoms with Gasteiger partial charge in [-0.1, -0.05) is 43.1 Å². The number of halogens is 2. The number of rotatable bonds is 3. The molecule has 1 aromatic rings. The van der Waals surface area contributed by atoms with Gasteiger partial charge in [0.1, 0.15) is 17.2 Å². The number of hydrogen-bond acceptors (Lipinski definition) is 3. The maximum atomic E-state index is 9.73. The van der Waals surface area contributed by atoms with Crippen LogP contribution >= 0.6 is 23.2 Å². The summed E-state index contributed by atoms with van der Waals surface area (Å²) in [6.07, 6.45) is 0. The Labute approximate surface area is 139 Å². The summed E-state index contributed by atoms with van der Waals surface area (Å²) < 4.78 is 5.80. The minimum absolute atomic E-state index is 0.282. The average molecular weight is 336 g/mol. The Hall–Kier alpha value is -1.89. The van der Waals surface area contributed by atoms with Crippen molar-refractivity contribution in [1.29, 1.82) is 5.26 Å². The van der Waals surface area contributed by atoms with E-state index < -0.39 is 4.84 Å². The smallest absolute Gasteiger partial charge is 0.193 e. The highest BCUT2D eigenvalue weighted by Gasteiger charge is 2.19. The zero-order chi connectivity index (χ0) is 16.3. The van der Waals surface area contributed by atoms with E-state index in [9.17, 15) is 5.11 Å². The molecule has 0 heterocycles. The molecule has 2 aliphatic rings. The maximum absolute atomic E-state index is 9.73. The number of benzene rings is 2. The van der Waals surface area contributed by atoms with Gasteiger partial charge in [0.05, 0.1) is 6.07 Å². The SMILES string of the molecule is CC(C)c1cc(Oc2ccc3cc2-3)ccc1O.N#CC(Cl)Cl. The van der Waals surface area contributed by atoms with Crippen LogP contribution in [-0.4, -0.2) is 9.94 Å². The van der Waals surface area contributed by atoms with Gasteiger partial charge in [-0.25, -0.2) is 0 Å². The van der Waals surface area contributed by atoms with Gasteiger partial charge in [-0.05, 0) is 41.8 Å². The van der Waals surface area contributed by atoms with Gasteiger partial charge in [0.15, 0.2) is 4.84 Å². The first-order valence-corrected chi connectivity index (χ1v) is 7.62. The van der Waals surface area contributed by atoms with Crippen molar-refractivity contribution in [2.45, 2.75) is 24.6 Å². The fourth-order valence-electron chi connectivity index (χ4n) is 2.00. The van der Waals surface area contributed by atoms with E-state index in [1.54, 1.807) is 18.2 Å².